The Morgan fingerprint density at radius 3 is 2.70 bits per heavy atom. The van der Waals surface area contributed by atoms with E-state index in [4.69, 9.17) is 9.47 Å². The number of methoxy groups -OCH3 is 1. The second kappa shape index (κ2) is 5.52. The number of rotatable bonds is 1. The fraction of sp³-hybridized carbons (Fsp3) is 0.625. The first-order chi connectivity index (χ1) is 9.35. The zero-order valence-corrected chi connectivity index (χ0v) is 12.5. The minimum atomic E-state index is -0.389. The van der Waals surface area contributed by atoms with E-state index in [9.17, 15) is 9.59 Å². The van der Waals surface area contributed by atoms with Crippen LogP contribution in [0.2, 0.25) is 0 Å². The number of ether oxygens (including phenoxy) is 2. The molecular weight excluding hydrogens is 256 g/mol. The number of esters is 1. The minimum Gasteiger partial charge on any atom is -0.454 e. The lowest BCUT2D eigenvalue weighted by Crippen LogP contribution is -2.29. The van der Waals surface area contributed by atoms with Crippen LogP contribution in [0.1, 0.15) is 33.6 Å². The molecule has 2 aliphatic rings. The molecule has 0 N–H and O–H groups in total. The quantitative estimate of drug-likeness (QED) is 0.691. The summed E-state index contributed by atoms with van der Waals surface area (Å²) in [5.74, 6) is -0.398. The van der Waals surface area contributed by atoms with Gasteiger partial charge in [0.15, 0.2) is 5.78 Å². The summed E-state index contributed by atoms with van der Waals surface area (Å²) in [7, 11) is 1.60. The van der Waals surface area contributed by atoms with E-state index in [1.54, 1.807) is 13.2 Å². The summed E-state index contributed by atoms with van der Waals surface area (Å²) in [4.78, 5) is 24.1. The average molecular weight is 278 g/mol. The van der Waals surface area contributed by atoms with Crippen LogP contribution in [-0.2, 0) is 19.1 Å². The Bertz CT molecular complexity index is 473. The van der Waals surface area contributed by atoms with Gasteiger partial charge in [-0.15, -0.1) is 0 Å². The highest BCUT2D eigenvalue weighted by molar-refractivity contribution is 5.93. The van der Waals surface area contributed by atoms with Gasteiger partial charge in [0.25, 0.3) is 0 Å². The molecule has 1 aliphatic carbocycles. The van der Waals surface area contributed by atoms with Gasteiger partial charge in [-0.2, -0.15) is 0 Å². The molecule has 0 aromatic carbocycles. The zero-order valence-electron chi connectivity index (χ0n) is 12.5. The average Bonchev–Trinajstić information content (AvgIpc) is 2.77. The Labute approximate surface area is 119 Å². The van der Waals surface area contributed by atoms with Gasteiger partial charge in [-0.3, -0.25) is 4.79 Å². The molecule has 20 heavy (non-hydrogen) atoms. The number of carbonyl (C=O) groups is 2. The van der Waals surface area contributed by atoms with E-state index in [-0.39, 0.29) is 35.3 Å². The molecule has 110 valence electrons. The van der Waals surface area contributed by atoms with Gasteiger partial charge in [-0.05, 0) is 25.0 Å². The molecule has 0 saturated heterocycles. The first-order valence-corrected chi connectivity index (χ1v) is 7.02. The highest BCUT2D eigenvalue weighted by Crippen LogP contribution is 2.34. The van der Waals surface area contributed by atoms with Crippen molar-refractivity contribution in [3.05, 3.63) is 23.8 Å². The molecule has 0 fully saturated rings. The largest absolute Gasteiger partial charge is 0.454 e. The Hall–Kier alpha value is -1.42. The maximum absolute atomic E-state index is 12.2. The van der Waals surface area contributed by atoms with Crippen molar-refractivity contribution in [1.82, 2.24) is 0 Å². The lowest BCUT2D eigenvalue weighted by atomic mass is 9.85. The number of allylic oxidation sites excluding steroid dienone is 1. The van der Waals surface area contributed by atoms with E-state index in [0.717, 1.165) is 0 Å². The predicted octanol–water partition coefficient (Wildman–Crippen LogP) is 2.43. The molecule has 1 heterocycles. The van der Waals surface area contributed by atoms with Crippen molar-refractivity contribution in [3.63, 3.8) is 0 Å². The van der Waals surface area contributed by atoms with Crippen molar-refractivity contribution in [1.29, 1.82) is 0 Å². The van der Waals surface area contributed by atoms with Crippen molar-refractivity contribution in [2.24, 2.45) is 11.3 Å². The van der Waals surface area contributed by atoms with Gasteiger partial charge in [-0.1, -0.05) is 26.8 Å². The number of hydrogen-bond acceptors (Lipinski definition) is 4. The third kappa shape index (κ3) is 2.85. The van der Waals surface area contributed by atoms with Crippen LogP contribution >= 0.6 is 0 Å². The van der Waals surface area contributed by atoms with Crippen LogP contribution in [-0.4, -0.2) is 31.1 Å². The van der Waals surface area contributed by atoms with Gasteiger partial charge in [0, 0.05) is 24.0 Å². The van der Waals surface area contributed by atoms with E-state index in [2.05, 4.69) is 0 Å². The second-order valence-electron chi connectivity index (χ2n) is 6.18. The van der Waals surface area contributed by atoms with E-state index in [0.29, 0.717) is 18.4 Å². The molecule has 0 unspecified atom stereocenters. The van der Waals surface area contributed by atoms with E-state index >= 15 is 0 Å². The maximum atomic E-state index is 12.2. The summed E-state index contributed by atoms with van der Waals surface area (Å²) in [5.41, 5.74) is 0.305. The first kappa shape index (κ1) is 15.0. The molecule has 4 nitrogen and oxygen atoms in total. The topological polar surface area (TPSA) is 52.6 Å². The van der Waals surface area contributed by atoms with Crippen LogP contribution in [0.4, 0.5) is 0 Å². The van der Waals surface area contributed by atoms with Gasteiger partial charge in [0.2, 0.25) is 0 Å². The van der Waals surface area contributed by atoms with Crippen LogP contribution in [0, 0.1) is 11.3 Å². The van der Waals surface area contributed by atoms with Crippen molar-refractivity contribution >= 4 is 11.8 Å². The molecule has 0 aromatic rings. The minimum absolute atomic E-state index is 0.0547. The van der Waals surface area contributed by atoms with Gasteiger partial charge in [0.1, 0.15) is 6.10 Å². The van der Waals surface area contributed by atoms with Crippen molar-refractivity contribution in [2.75, 3.05) is 7.11 Å². The summed E-state index contributed by atoms with van der Waals surface area (Å²) < 4.78 is 10.8. The highest BCUT2D eigenvalue weighted by Gasteiger charge is 2.37. The number of hydrogen-bond donors (Lipinski definition) is 0. The highest BCUT2D eigenvalue weighted by atomic mass is 16.5. The molecule has 0 saturated carbocycles. The third-order valence-electron chi connectivity index (χ3n) is 4.27. The summed E-state index contributed by atoms with van der Waals surface area (Å²) in [5, 5.41) is 0. The molecule has 3 atom stereocenters. The van der Waals surface area contributed by atoms with Crippen molar-refractivity contribution in [3.8, 4) is 0 Å². The molecule has 4 heteroatoms. The zero-order chi connectivity index (χ0) is 14.9. The molecule has 2 rings (SSSR count). The van der Waals surface area contributed by atoms with Gasteiger partial charge < -0.3 is 9.47 Å². The van der Waals surface area contributed by atoms with Crippen LogP contribution < -0.4 is 0 Å². The molecule has 2 bridgehead atoms. The fourth-order valence-electron chi connectivity index (χ4n) is 2.62. The van der Waals surface area contributed by atoms with Crippen LogP contribution in [0.25, 0.3) is 0 Å². The molecule has 1 aliphatic heterocycles. The summed E-state index contributed by atoms with van der Waals surface area (Å²) in [6, 6.07) is 0. The summed E-state index contributed by atoms with van der Waals surface area (Å²) in [6.45, 7) is 5.80. The van der Waals surface area contributed by atoms with E-state index in [1.807, 2.05) is 32.9 Å². The molecule has 0 radical (unpaired) electrons. The van der Waals surface area contributed by atoms with E-state index in [1.165, 1.54) is 0 Å². The van der Waals surface area contributed by atoms with E-state index < -0.39 is 0 Å². The van der Waals surface area contributed by atoms with Crippen LogP contribution in [0.5, 0.6) is 0 Å². The molecule has 0 spiro atoms. The number of carbonyl (C=O) groups excluding carboxylic acids is 2. The third-order valence-corrected chi connectivity index (χ3v) is 4.27. The maximum Gasteiger partial charge on any atom is 0.334 e. The molecule has 0 amide bonds. The monoisotopic (exact) mass is 278 g/mol. The first-order valence-electron chi connectivity index (χ1n) is 7.02. The Morgan fingerprint density at radius 2 is 2.05 bits per heavy atom. The Kier molecular flexibility index (Phi) is 4.14. The smallest absolute Gasteiger partial charge is 0.334 e. The Balaban J connectivity index is 2.34. The normalized spacial score (nSPS) is 35.0. The van der Waals surface area contributed by atoms with Crippen molar-refractivity contribution in [2.45, 2.75) is 45.8 Å². The standard InChI is InChI=1S/C16H22O4/c1-10-12(17)7-8-16(2,3)14-9-11(15(18)20-14)5-6-13(10)19-4/h7-10,13-14H,5-6H2,1-4H3/b8-7+/t10-,13+,14+/m0/s1. The number of ketones is 1. The fourth-order valence-corrected chi connectivity index (χ4v) is 2.62. The Morgan fingerprint density at radius 1 is 1.35 bits per heavy atom. The predicted molar refractivity (Wildman–Crippen MR) is 75.1 cm³/mol. The van der Waals surface area contributed by atoms with Gasteiger partial charge >= 0.3 is 5.97 Å². The van der Waals surface area contributed by atoms with Gasteiger partial charge in [-0.25, -0.2) is 4.79 Å². The van der Waals surface area contributed by atoms with Crippen LogP contribution in [0.3, 0.4) is 0 Å². The van der Waals surface area contributed by atoms with Crippen molar-refractivity contribution < 1.29 is 19.1 Å². The lowest BCUT2D eigenvalue weighted by Gasteiger charge is -2.26. The SMILES string of the molecule is CO[C@@H]1CCC2=C[C@@H](OC2=O)C(C)(C)/C=C/C(=O)[C@@H]1C. The van der Waals surface area contributed by atoms with Crippen LogP contribution in [0.15, 0.2) is 23.8 Å². The molecule has 0 aromatic heterocycles. The summed E-state index contributed by atoms with van der Waals surface area (Å²) in [6.07, 6.45) is 6.07. The summed E-state index contributed by atoms with van der Waals surface area (Å²) >= 11 is 0. The second-order valence-corrected chi connectivity index (χ2v) is 6.18. The molecular formula is C16H22O4. The van der Waals surface area contributed by atoms with Gasteiger partial charge in [0.05, 0.1) is 6.10 Å². The lowest BCUT2D eigenvalue weighted by molar-refractivity contribution is -0.142. The number of fused-ring (bicyclic) bond motifs is 1.